The van der Waals surface area contributed by atoms with Crippen molar-refractivity contribution in [1.82, 2.24) is 19.7 Å². The summed E-state index contributed by atoms with van der Waals surface area (Å²) in [6.45, 7) is 0.948. The van der Waals surface area contributed by atoms with Crippen LogP contribution in [0, 0.1) is 16.0 Å². The lowest BCUT2D eigenvalue weighted by Gasteiger charge is -2.39. The number of carbonyl (C=O) groups excluding carboxylic acids is 1. The van der Waals surface area contributed by atoms with Crippen molar-refractivity contribution in [3.63, 3.8) is 0 Å². The molecule has 10 heteroatoms. The van der Waals surface area contributed by atoms with Gasteiger partial charge < -0.3 is 10.2 Å². The molecule has 0 saturated carbocycles. The number of nitro groups is 1. The Bertz CT molecular complexity index is 984. The van der Waals surface area contributed by atoms with Crippen molar-refractivity contribution in [2.45, 2.75) is 0 Å². The van der Waals surface area contributed by atoms with Crippen LogP contribution in [-0.4, -0.2) is 43.7 Å². The van der Waals surface area contributed by atoms with E-state index in [-0.39, 0.29) is 23.2 Å². The second-order valence-electron chi connectivity index (χ2n) is 6.05. The minimum Gasteiger partial charge on any atom is -0.355 e. The van der Waals surface area contributed by atoms with Gasteiger partial charge in [0.1, 0.15) is 17.8 Å². The summed E-state index contributed by atoms with van der Waals surface area (Å²) in [6.07, 6.45) is 4.90. The topological polar surface area (TPSA) is 119 Å². The minimum atomic E-state index is -0.514. The number of nitrogens with one attached hydrogen (secondary N) is 1. The first kappa shape index (κ1) is 16.6. The van der Waals surface area contributed by atoms with Gasteiger partial charge in [0.2, 0.25) is 5.91 Å². The molecule has 0 radical (unpaired) electrons. The van der Waals surface area contributed by atoms with Crippen LogP contribution >= 0.6 is 0 Å². The summed E-state index contributed by atoms with van der Waals surface area (Å²) in [6, 6.07) is 9.68. The van der Waals surface area contributed by atoms with E-state index in [4.69, 9.17) is 0 Å². The first-order chi connectivity index (χ1) is 13.1. The fraction of sp³-hybridized carbons (Fsp3) is 0.176. The zero-order valence-corrected chi connectivity index (χ0v) is 14.1. The number of aromatic nitrogens is 4. The van der Waals surface area contributed by atoms with Gasteiger partial charge in [-0.3, -0.25) is 14.9 Å². The molecule has 0 spiro atoms. The van der Waals surface area contributed by atoms with Crippen molar-refractivity contribution in [3.05, 3.63) is 65.2 Å². The normalized spacial score (nSPS) is 13.9. The molecular formula is C17H15N7O3. The van der Waals surface area contributed by atoms with Crippen molar-refractivity contribution < 1.29 is 9.72 Å². The molecule has 0 atom stereocenters. The molecule has 1 fully saturated rings. The van der Waals surface area contributed by atoms with E-state index < -0.39 is 4.92 Å². The fourth-order valence-corrected chi connectivity index (χ4v) is 2.84. The monoisotopic (exact) mass is 365 g/mol. The van der Waals surface area contributed by atoms with Crippen molar-refractivity contribution in [2.24, 2.45) is 5.92 Å². The lowest BCUT2D eigenvalue weighted by Crippen LogP contribution is -2.52. The number of carbonyl (C=O) groups is 1. The van der Waals surface area contributed by atoms with Gasteiger partial charge in [0.25, 0.3) is 5.69 Å². The molecule has 10 nitrogen and oxygen atoms in total. The SMILES string of the molecule is O=C(Nc1ccccc1[N+](=O)[O-])C1CN(c2cc(-n3cccn3)ncn2)C1. The molecule has 1 amide bonds. The standard InChI is InChI=1S/C17H15N7O3/c25-17(21-13-4-1-2-5-14(13)24(26)27)12-9-22(10-12)15-8-16(19-11-18-15)23-7-3-6-20-23/h1-8,11-12H,9-10H2,(H,21,25). The Balaban J connectivity index is 1.41. The number of rotatable bonds is 5. The van der Waals surface area contributed by atoms with Crippen molar-refractivity contribution in [2.75, 3.05) is 23.3 Å². The summed E-state index contributed by atoms with van der Waals surface area (Å²) in [5.41, 5.74) is 0.0793. The van der Waals surface area contributed by atoms with Crippen LogP contribution in [-0.2, 0) is 4.79 Å². The first-order valence-corrected chi connectivity index (χ1v) is 8.23. The van der Waals surface area contributed by atoms with Crippen LogP contribution in [0.25, 0.3) is 5.82 Å². The molecule has 0 bridgehead atoms. The predicted octanol–water partition coefficient (Wildman–Crippen LogP) is 1.65. The van der Waals surface area contributed by atoms with Gasteiger partial charge in [-0.2, -0.15) is 5.10 Å². The highest BCUT2D eigenvalue weighted by molar-refractivity contribution is 5.96. The molecule has 1 saturated heterocycles. The summed E-state index contributed by atoms with van der Waals surface area (Å²) < 4.78 is 1.63. The molecule has 3 heterocycles. The molecule has 0 aliphatic carbocycles. The number of benzene rings is 1. The maximum atomic E-state index is 12.4. The molecule has 3 aromatic rings. The number of amides is 1. The number of nitro benzene ring substituents is 1. The van der Waals surface area contributed by atoms with E-state index in [2.05, 4.69) is 20.4 Å². The molecule has 1 aliphatic heterocycles. The Hall–Kier alpha value is -3.82. The molecule has 2 aromatic heterocycles. The summed E-state index contributed by atoms with van der Waals surface area (Å²) in [5.74, 6) is 0.817. The fourth-order valence-electron chi connectivity index (χ4n) is 2.84. The molecule has 0 unspecified atom stereocenters. The average molecular weight is 365 g/mol. The number of anilines is 2. The summed E-state index contributed by atoms with van der Waals surface area (Å²) in [5, 5.41) is 17.8. The van der Waals surface area contributed by atoms with Gasteiger partial charge in [0, 0.05) is 37.6 Å². The summed E-state index contributed by atoms with van der Waals surface area (Å²) in [4.78, 5) is 33.3. The molecule has 27 heavy (non-hydrogen) atoms. The van der Waals surface area contributed by atoms with Crippen LogP contribution < -0.4 is 10.2 Å². The number of nitrogens with zero attached hydrogens (tertiary/aromatic N) is 6. The Kier molecular flexibility index (Phi) is 4.21. The maximum absolute atomic E-state index is 12.4. The zero-order chi connectivity index (χ0) is 18.8. The average Bonchev–Trinajstić information content (AvgIpc) is 3.16. The highest BCUT2D eigenvalue weighted by atomic mass is 16.6. The van der Waals surface area contributed by atoms with Crippen LogP contribution in [0.15, 0.2) is 55.1 Å². The number of para-hydroxylation sites is 2. The number of hydrogen-bond donors (Lipinski definition) is 1. The highest BCUT2D eigenvalue weighted by Gasteiger charge is 2.34. The van der Waals surface area contributed by atoms with E-state index >= 15 is 0 Å². The van der Waals surface area contributed by atoms with Crippen LogP contribution in [0.1, 0.15) is 0 Å². The zero-order valence-electron chi connectivity index (χ0n) is 14.1. The lowest BCUT2D eigenvalue weighted by molar-refractivity contribution is -0.383. The minimum absolute atomic E-state index is 0.123. The van der Waals surface area contributed by atoms with Crippen molar-refractivity contribution >= 4 is 23.1 Å². The van der Waals surface area contributed by atoms with Gasteiger partial charge in [-0.1, -0.05) is 12.1 Å². The van der Waals surface area contributed by atoms with E-state index in [1.165, 1.54) is 18.5 Å². The first-order valence-electron chi connectivity index (χ1n) is 8.23. The molecule has 136 valence electrons. The van der Waals surface area contributed by atoms with Gasteiger partial charge in [-0.15, -0.1) is 0 Å². The van der Waals surface area contributed by atoms with E-state index in [1.54, 1.807) is 41.3 Å². The maximum Gasteiger partial charge on any atom is 0.292 e. The van der Waals surface area contributed by atoms with E-state index in [0.717, 1.165) is 0 Å². The van der Waals surface area contributed by atoms with Crippen LogP contribution in [0.2, 0.25) is 0 Å². The Morgan fingerprint density at radius 2 is 1.96 bits per heavy atom. The molecule has 1 N–H and O–H groups in total. The third kappa shape index (κ3) is 3.32. The summed E-state index contributed by atoms with van der Waals surface area (Å²) in [7, 11) is 0. The van der Waals surface area contributed by atoms with Gasteiger partial charge in [-0.25, -0.2) is 14.6 Å². The van der Waals surface area contributed by atoms with Crippen LogP contribution in [0.4, 0.5) is 17.2 Å². The van der Waals surface area contributed by atoms with Gasteiger partial charge >= 0.3 is 0 Å². The second-order valence-corrected chi connectivity index (χ2v) is 6.05. The highest BCUT2D eigenvalue weighted by Crippen LogP contribution is 2.27. The third-order valence-corrected chi connectivity index (χ3v) is 4.31. The van der Waals surface area contributed by atoms with E-state index in [9.17, 15) is 14.9 Å². The lowest BCUT2D eigenvalue weighted by atomic mass is 9.99. The van der Waals surface area contributed by atoms with Crippen LogP contribution in [0.5, 0.6) is 0 Å². The van der Waals surface area contributed by atoms with Crippen LogP contribution in [0.3, 0.4) is 0 Å². The molecule has 1 aromatic carbocycles. The van der Waals surface area contributed by atoms with E-state index in [0.29, 0.717) is 24.7 Å². The quantitative estimate of drug-likeness (QED) is 0.539. The Morgan fingerprint density at radius 1 is 1.19 bits per heavy atom. The predicted molar refractivity (Wildman–Crippen MR) is 96.6 cm³/mol. The largest absolute Gasteiger partial charge is 0.355 e. The number of hydrogen-bond acceptors (Lipinski definition) is 7. The third-order valence-electron chi connectivity index (χ3n) is 4.31. The van der Waals surface area contributed by atoms with Gasteiger partial charge in [0.05, 0.1) is 10.8 Å². The molecule has 1 aliphatic rings. The van der Waals surface area contributed by atoms with E-state index in [1.807, 2.05) is 4.90 Å². The molecular weight excluding hydrogens is 350 g/mol. The molecule has 4 rings (SSSR count). The van der Waals surface area contributed by atoms with Gasteiger partial charge in [-0.05, 0) is 12.1 Å². The Labute approximate surface area is 153 Å². The van der Waals surface area contributed by atoms with Crippen molar-refractivity contribution in [1.29, 1.82) is 0 Å². The van der Waals surface area contributed by atoms with Crippen molar-refractivity contribution in [3.8, 4) is 5.82 Å². The van der Waals surface area contributed by atoms with Gasteiger partial charge in [0.15, 0.2) is 5.82 Å². The second kappa shape index (κ2) is 6.83. The smallest absolute Gasteiger partial charge is 0.292 e. The summed E-state index contributed by atoms with van der Waals surface area (Å²) >= 11 is 0. The Morgan fingerprint density at radius 3 is 2.70 bits per heavy atom.